The molecule has 1 aromatic heterocycles. The van der Waals surface area contributed by atoms with Gasteiger partial charge in [-0.1, -0.05) is 17.7 Å². The normalized spacial score (nSPS) is 10.0. The van der Waals surface area contributed by atoms with Crippen molar-refractivity contribution in [1.29, 1.82) is 0 Å². The molecule has 2 aromatic rings. The molecule has 1 N–H and O–H groups in total. The smallest absolute Gasteiger partial charge is 0.255 e. The summed E-state index contributed by atoms with van der Waals surface area (Å²) in [5.41, 5.74) is 0.753. The second-order valence-electron chi connectivity index (χ2n) is 3.33. The van der Waals surface area contributed by atoms with Gasteiger partial charge in [-0.05, 0) is 30.3 Å². The van der Waals surface area contributed by atoms with Crippen LogP contribution in [-0.4, -0.2) is 10.9 Å². The number of hydrogen-bond donors (Lipinski definition) is 1. The zero-order valence-corrected chi connectivity index (χ0v) is 9.41. The van der Waals surface area contributed by atoms with Crippen LogP contribution in [0.4, 0.5) is 10.1 Å². The van der Waals surface area contributed by atoms with Crippen LogP contribution in [0.25, 0.3) is 0 Å². The van der Waals surface area contributed by atoms with E-state index in [0.29, 0.717) is 10.8 Å². The molecule has 0 fully saturated rings. The highest BCUT2D eigenvalue weighted by molar-refractivity contribution is 6.29. The Kier molecular flexibility index (Phi) is 3.35. The predicted octanol–water partition coefficient (Wildman–Crippen LogP) is 3.13. The lowest BCUT2D eigenvalue weighted by atomic mass is 10.2. The highest BCUT2D eigenvalue weighted by Crippen LogP contribution is 2.12. The van der Waals surface area contributed by atoms with E-state index in [2.05, 4.69) is 10.3 Å². The zero-order valence-electron chi connectivity index (χ0n) is 8.65. The van der Waals surface area contributed by atoms with Crippen LogP contribution < -0.4 is 5.32 Å². The van der Waals surface area contributed by atoms with Gasteiger partial charge in [0.15, 0.2) is 0 Å². The van der Waals surface area contributed by atoms with Crippen LogP contribution >= 0.6 is 11.6 Å². The molecule has 2 rings (SSSR count). The first-order valence-electron chi connectivity index (χ1n) is 4.83. The number of anilines is 1. The lowest BCUT2D eigenvalue weighted by Crippen LogP contribution is -2.12. The van der Waals surface area contributed by atoms with Crippen molar-refractivity contribution in [1.82, 2.24) is 4.98 Å². The van der Waals surface area contributed by atoms with Gasteiger partial charge in [0.1, 0.15) is 11.0 Å². The first-order valence-corrected chi connectivity index (χ1v) is 5.21. The first kappa shape index (κ1) is 11.5. The van der Waals surface area contributed by atoms with E-state index in [1.165, 1.54) is 30.5 Å². The summed E-state index contributed by atoms with van der Waals surface area (Å²) in [6.07, 6.45) is 1.43. The molecule has 1 heterocycles. The van der Waals surface area contributed by atoms with Gasteiger partial charge in [0.2, 0.25) is 0 Å². The molecule has 0 bridgehead atoms. The van der Waals surface area contributed by atoms with Crippen molar-refractivity contribution in [3.05, 3.63) is 59.1 Å². The van der Waals surface area contributed by atoms with E-state index in [0.717, 1.165) is 0 Å². The SMILES string of the molecule is O=C(Nc1ccc(Cl)nc1)c1cccc(F)c1. The third-order valence-corrected chi connectivity index (χ3v) is 2.30. The van der Waals surface area contributed by atoms with Crippen molar-refractivity contribution >= 4 is 23.2 Å². The summed E-state index contributed by atoms with van der Waals surface area (Å²) >= 11 is 5.61. The number of pyridine rings is 1. The zero-order chi connectivity index (χ0) is 12.3. The van der Waals surface area contributed by atoms with E-state index < -0.39 is 11.7 Å². The summed E-state index contributed by atoms with van der Waals surface area (Å²) < 4.78 is 12.9. The average Bonchev–Trinajstić information content (AvgIpc) is 2.32. The molecule has 17 heavy (non-hydrogen) atoms. The molecule has 0 aliphatic heterocycles. The van der Waals surface area contributed by atoms with Crippen molar-refractivity contribution in [2.24, 2.45) is 0 Å². The lowest BCUT2D eigenvalue weighted by Gasteiger charge is -2.04. The molecule has 0 spiro atoms. The van der Waals surface area contributed by atoms with Crippen molar-refractivity contribution in [3.8, 4) is 0 Å². The largest absolute Gasteiger partial charge is 0.321 e. The summed E-state index contributed by atoms with van der Waals surface area (Å²) in [5, 5.41) is 2.93. The molecule has 0 saturated heterocycles. The Hall–Kier alpha value is -1.94. The lowest BCUT2D eigenvalue weighted by molar-refractivity contribution is 0.102. The summed E-state index contributed by atoms with van der Waals surface area (Å²) in [6, 6.07) is 8.63. The average molecular weight is 251 g/mol. The van der Waals surface area contributed by atoms with Gasteiger partial charge in [-0.3, -0.25) is 4.79 Å². The van der Waals surface area contributed by atoms with Gasteiger partial charge < -0.3 is 5.32 Å². The van der Waals surface area contributed by atoms with Crippen molar-refractivity contribution < 1.29 is 9.18 Å². The summed E-state index contributed by atoms with van der Waals surface area (Å²) in [5.74, 6) is -0.847. The van der Waals surface area contributed by atoms with Gasteiger partial charge in [0.25, 0.3) is 5.91 Å². The van der Waals surface area contributed by atoms with Crippen LogP contribution in [0.15, 0.2) is 42.6 Å². The quantitative estimate of drug-likeness (QED) is 0.832. The van der Waals surface area contributed by atoms with Crippen LogP contribution in [0, 0.1) is 5.82 Å². The second kappa shape index (κ2) is 4.93. The number of hydrogen-bond acceptors (Lipinski definition) is 2. The molecular formula is C12H8ClFN2O. The van der Waals surface area contributed by atoms with Crippen molar-refractivity contribution in [2.75, 3.05) is 5.32 Å². The predicted molar refractivity (Wildman–Crippen MR) is 63.6 cm³/mol. The fourth-order valence-electron chi connectivity index (χ4n) is 1.28. The number of amides is 1. The maximum Gasteiger partial charge on any atom is 0.255 e. The van der Waals surface area contributed by atoms with E-state index >= 15 is 0 Å². The monoisotopic (exact) mass is 250 g/mol. The van der Waals surface area contributed by atoms with E-state index in [1.54, 1.807) is 12.1 Å². The second-order valence-corrected chi connectivity index (χ2v) is 3.72. The fraction of sp³-hybridized carbons (Fsp3) is 0. The highest BCUT2D eigenvalue weighted by atomic mass is 35.5. The Morgan fingerprint density at radius 2 is 2.12 bits per heavy atom. The Bertz CT molecular complexity index is 542. The molecule has 0 aliphatic carbocycles. The standard InChI is InChI=1S/C12H8ClFN2O/c13-11-5-4-10(7-15-11)16-12(17)8-2-1-3-9(14)6-8/h1-7H,(H,16,17). The first-order chi connectivity index (χ1) is 8.15. The number of aromatic nitrogens is 1. The number of carbonyl (C=O) groups is 1. The highest BCUT2D eigenvalue weighted by Gasteiger charge is 2.06. The minimum Gasteiger partial charge on any atom is -0.321 e. The summed E-state index contributed by atoms with van der Waals surface area (Å²) in [6.45, 7) is 0. The number of nitrogens with one attached hydrogen (secondary N) is 1. The van der Waals surface area contributed by atoms with Gasteiger partial charge >= 0.3 is 0 Å². The van der Waals surface area contributed by atoms with Gasteiger partial charge in [0.05, 0.1) is 11.9 Å². The number of benzene rings is 1. The van der Waals surface area contributed by atoms with Crippen LogP contribution in [0.2, 0.25) is 5.15 Å². The Labute approximate surface area is 102 Å². The molecule has 0 unspecified atom stereocenters. The summed E-state index contributed by atoms with van der Waals surface area (Å²) in [4.78, 5) is 15.5. The van der Waals surface area contributed by atoms with E-state index in [4.69, 9.17) is 11.6 Å². The molecule has 0 radical (unpaired) electrons. The van der Waals surface area contributed by atoms with Crippen LogP contribution in [0.1, 0.15) is 10.4 Å². The number of rotatable bonds is 2. The minimum atomic E-state index is -0.452. The number of halogens is 2. The van der Waals surface area contributed by atoms with Crippen LogP contribution in [0.3, 0.4) is 0 Å². The molecule has 86 valence electrons. The Morgan fingerprint density at radius 3 is 2.76 bits per heavy atom. The minimum absolute atomic E-state index is 0.250. The number of carbonyl (C=O) groups excluding carboxylic acids is 1. The molecular weight excluding hydrogens is 243 g/mol. The molecule has 0 aliphatic rings. The molecule has 3 nitrogen and oxygen atoms in total. The van der Waals surface area contributed by atoms with E-state index in [9.17, 15) is 9.18 Å². The maximum atomic E-state index is 12.9. The van der Waals surface area contributed by atoms with Crippen molar-refractivity contribution in [3.63, 3.8) is 0 Å². The Balaban J connectivity index is 2.14. The maximum absolute atomic E-state index is 12.9. The molecule has 0 atom stereocenters. The third kappa shape index (κ3) is 3.01. The fourth-order valence-corrected chi connectivity index (χ4v) is 1.39. The molecule has 1 amide bonds. The van der Waals surface area contributed by atoms with E-state index in [-0.39, 0.29) is 5.56 Å². The van der Waals surface area contributed by atoms with Crippen molar-refractivity contribution in [2.45, 2.75) is 0 Å². The number of nitrogens with zero attached hydrogens (tertiary/aromatic N) is 1. The van der Waals surface area contributed by atoms with Crippen LogP contribution in [0.5, 0.6) is 0 Å². The summed E-state index contributed by atoms with van der Waals surface area (Å²) in [7, 11) is 0. The van der Waals surface area contributed by atoms with Crippen LogP contribution in [-0.2, 0) is 0 Å². The Morgan fingerprint density at radius 1 is 1.29 bits per heavy atom. The van der Waals surface area contributed by atoms with Gasteiger partial charge in [-0.25, -0.2) is 9.37 Å². The molecule has 0 saturated carbocycles. The van der Waals surface area contributed by atoms with Gasteiger partial charge in [-0.2, -0.15) is 0 Å². The molecule has 5 heteroatoms. The third-order valence-electron chi connectivity index (χ3n) is 2.07. The molecule has 1 aromatic carbocycles. The topological polar surface area (TPSA) is 42.0 Å². The van der Waals surface area contributed by atoms with Gasteiger partial charge in [-0.15, -0.1) is 0 Å². The van der Waals surface area contributed by atoms with E-state index in [1.807, 2.05) is 0 Å². The van der Waals surface area contributed by atoms with Gasteiger partial charge in [0, 0.05) is 5.56 Å².